The molecule has 2 aliphatic rings. The van der Waals surface area contributed by atoms with Crippen LogP contribution in [0.2, 0.25) is 0 Å². The quantitative estimate of drug-likeness (QED) is 0.811. The first kappa shape index (κ1) is 18.9. The molecule has 1 spiro atoms. The number of carbonyl (C=O) groups is 2. The fraction of sp³-hybridized carbons (Fsp3) is 0.600. The van der Waals surface area contributed by atoms with Crippen molar-refractivity contribution in [2.24, 2.45) is 5.41 Å². The summed E-state index contributed by atoms with van der Waals surface area (Å²) in [5.74, 6) is -0.686. The van der Waals surface area contributed by atoms with E-state index in [4.69, 9.17) is 10.2 Å². The van der Waals surface area contributed by atoms with Crippen LogP contribution in [0, 0.1) is 5.41 Å². The Labute approximate surface area is 154 Å². The van der Waals surface area contributed by atoms with Crippen LogP contribution in [0.25, 0.3) is 0 Å². The molecule has 3 rings (SSSR count). The Morgan fingerprint density at radius 2 is 1.92 bits per heavy atom. The number of piperidine rings is 2. The SMILES string of the molecule is O=C(O)c1ccc(CN2CCC[C@@]3(CCC(=O)N(CCCO)C3)C2)cc1. The van der Waals surface area contributed by atoms with Gasteiger partial charge in [-0.1, -0.05) is 12.1 Å². The summed E-state index contributed by atoms with van der Waals surface area (Å²) in [4.78, 5) is 27.5. The van der Waals surface area contributed by atoms with E-state index in [2.05, 4.69) is 4.90 Å². The van der Waals surface area contributed by atoms with Crippen LogP contribution in [-0.2, 0) is 11.3 Å². The standard InChI is InChI=1S/C20H28N2O4/c23-12-2-11-22-15-20(9-7-18(22)24)8-1-10-21(14-20)13-16-3-5-17(6-4-16)19(25)26/h3-6,23H,1-2,7-15H2,(H,25,26)/t20-/m1/s1. The van der Waals surface area contributed by atoms with E-state index in [1.165, 1.54) is 0 Å². The lowest BCUT2D eigenvalue weighted by atomic mass is 9.73. The van der Waals surface area contributed by atoms with Crippen LogP contribution < -0.4 is 0 Å². The van der Waals surface area contributed by atoms with Gasteiger partial charge in [0.05, 0.1) is 5.56 Å². The number of carbonyl (C=O) groups excluding carboxylic acids is 1. The molecule has 0 radical (unpaired) electrons. The van der Waals surface area contributed by atoms with Gasteiger partial charge >= 0.3 is 5.97 Å². The highest BCUT2D eigenvalue weighted by molar-refractivity contribution is 5.87. The summed E-state index contributed by atoms with van der Waals surface area (Å²) < 4.78 is 0. The number of likely N-dealkylation sites (tertiary alicyclic amines) is 2. The number of aliphatic hydroxyl groups excluding tert-OH is 1. The lowest BCUT2D eigenvalue weighted by Crippen LogP contribution is -2.54. The monoisotopic (exact) mass is 360 g/mol. The minimum Gasteiger partial charge on any atom is -0.478 e. The first-order chi connectivity index (χ1) is 12.5. The molecule has 0 aromatic heterocycles. The van der Waals surface area contributed by atoms with Crippen molar-refractivity contribution in [1.29, 1.82) is 0 Å². The molecule has 0 bridgehead atoms. The lowest BCUT2D eigenvalue weighted by Gasteiger charge is -2.48. The third-order valence-corrected chi connectivity index (χ3v) is 5.68. The molecule has 6 nitrogen and oxygen atoms in total. The number of amides is 1. The predicted octanol–water partition coefficient (Wildman–Crippen LogP) is 1.97. The van der Waals surface area contributed by atoms with Gasteiger partial charge in [-0.25, -0.2) is 4.79 Å². The Kier molecular flexibility index (Phi) is 5.94. The number of carboxylic acids is 1. The zero-order valence-electron chi connectivity index (χ0n) is 15.2. The minimum absolute atomic E-state index is 0.120. The highest BCUT2D eigenvalue weighted by Gasteiger charge is 2.41. The highest BCUT2D eigenvalue weighted by atomic mass is 16.4. The van der Waals surface area contributed by atoms with Crippen molar-refractivity contribution in [2.75, 3.05) is 32.8 Å². The molecule has 0 aliphatic carbocycles. The van der Waals surface area contributed by atoms with Gasteiger partial charge < -0.3 is 15.1 Å². The molecule has 1 atom stereocenters. The maximum absolute atomic E-state index is 12.2. The second-order valence-electron chi connectivity index (χ2n) is 7.71. The second kappa shape index (κ2) is 8.18. The van der Waals surface area contributed by atoms with Crippen LogP contribution in [0.1, 0.15) is 48.0 Å². The van der Waals surface area contributed by atoms with Gasteiger partial charge in [0.1, 0.15) is 0 Å². The fourth-order valence-corrected chi connectivity index (χ4v) is 4.36. The van der Waals surface area contributed by atoms with E-state index in [9.17, 15) is 9.59 Å². The highest BCUT2D eigenvalue weighted by Crippen LogP contribution is 2.39. The molecule has 1 aromatic carbocycles. The maximum Gasteiger partial charge on any atom is 0.335 e. The Morgan fingerprint density at radius 3 is 2.62 bits per heavy atom. The Hall–Kier alpha value is -1.92. The van der Waals surface area contributed by atoms with Gasteiger partial charge in [0.2, 0.25) is 5.91 Å². The van der Waals surface area contributed by atoms with E-state index < -0.39 is 5.97 Å². The van der Waals surface area contributed by atoms with Crippen LogP contribution in [0.5, 0.6) is 0 Å². The summed E-state index contributed by atoms with van der Waals surface area (Å²) in [5, 5.41) is 18.1. The number of aliphatic hydroxyl groups is 1. The van der Waals surface area contributed by atoms with Crippen molar-refractivity contribution < 1.29 is 19.8 Å². The average Bonchev–Trinajstić information content (AvgIpc) is 2.63. The molecule has 1 aromatic rings. The van der Waals surface area contributed by atoms with Crippen molar-refractivity contribution >= 4 is 11.9 Å². The van der Waals surface area contributed by atoms with Crippen LogP contribution >= 0.6 is 0 Å². The number of aromatic carboxylic acids is 1. The van der Waals surface area contributed by atoms with Gasteiger partial charge in [-0.2, -0.15) is 0 Å². The molecule has 2 aliphatic heterocycles. The molecule has 0 saturated carbocycles. The van der Waals surface area contributed by atoms with E-state index in [0.29, 0.717) is 24.9 Å². The van der Waals surface area contributed by atoms with E-state index in [1.54, 1.807) is 12.1 Å². The van der Waals surface area contributed by atoms with Crippen molar-refractivity contribution in [3.63, 3.8) is 0 Å². The van der Waals surface area contributed by atoms with Gasteiger partial charge in [0.25, 0.3) is 0 Å². The first-order valence-electron chi connectivity index (χ1n) is 9.45. The Bertz CT molecular complexity index is 646. The van der Waals surface area contributed by atoms with Gasteiger partial charge in [-0.05, 0) is 49.9 Å². The maximum atomic E-state index is 12.2. The summed E-state index contributed by atoms with van der Waals surface area (Å²) in [5.41, 5.74) is 1.59. The molecule has 2 saturated heterocycles. The number of rotatable bonds is 6. The molecule has 6 heteroatoms. The summed E-state index contributed by atoms with van der Waals surface area (Å²) in [6.07, 6.45) is 4.45. The summed E-state index contributed by atoms with van der Waals surface area (Å²) in [6.45, 7) is 4.37. The molecular formula is C20H28N2O4. The number of hydrogen-bond donors (Lipinski definition) is 2. The number of hydrogen-bond acceptors (Lipinski definition) is 4. The molecule has 2 heterocycles. The molecule has 26 heavy (non-hydrogen) atoms. The number of benzene rings is 1. The average molecular weight is 360 g/mol. The van der Waals surface area contributed by atoms with Gasteiger partial charge in [-0.15, -0.1) is 0 Å². The Morgan fingerprint density at radius 1 is 1.15 bits per heavy atom. The van der Waals surface area contributed by atoms with Crippen LogP contribution in [-0.4, -0.2) is 64.7 Å². The first-order valence-corrected chi connectivity index (χ1v) is 9.45. The van der Waals surface area contributed by atoms with Gasteiger partial charge in [-0.3, -0.25) is 9.69 Å². The lowest BCUT2D eigenvalue weighted by molar-refractivity contribution is -0.139. The normalized spacial score (nSPS) is 24.2. The van der Waals surface area contributed by atoms with E-state index in [1.807, 2.05) is 17.0 Å². The molecular weight excluding hydrogens is 332 g/mol. The predicted molar refractivity (Wildman–Crippen MR) is 97.9 cm³/mol. The number of carboxylic acid groups (broad SMARTS) is 1. The van der Waals surface area contributed by atoms with Gasteiger partial charge in [0.15, 0.2) is 0 Å². The molecule has 0 unspecified atom stereocenters. The van der Waals surface area contributed by atoms with Gasteiger partial charge in [0, 0.05) is 44.6 Å². The minimum atomic E-state index is -0.900. The zero-order valence-corrected chi connectivity index (χ0v) is 15.2. The molecule has 142 valence electrons. The molecule has 2 fully saturated rings. The summed E-state index contributed by atoms with van der Waals surface area (Å²) in [6, 6.07) is 7.10. The molecule has 2 N–H and O–H groups in total. The largest absolute Gasteiger partial charge is 0.478 e. The van der Waals surface area contributed by atoms with E-state index in [0.717, 1.165) is 51.0 Å². The van der Waals surface area contributed by atoms with Crippen molar-refractivity contribution in [3.05, 3.63) is 35.4 Å². The van der Waals surface area contributed by atoms with Crippen molar-refractivity contribution in [3.8, 4) is 0 Å². The van der Waals surface area contributed by atoms with E-state index in [-0.39, 0.29) is 17.9 Å². The van der Waals surface area contributed by atoms with Crippen molar-refractivity contribution in [1.82, 2.24) is 9.80 Å². The van der Waals surface area contributed by atoms with Crippen molar-refractivity contribution in [2.45, 2.75) is 38.6 Å². The summed E-state index contributed by atoms with van der Waals surface area (Å²) >= 11 is 0. The third kappa shape index (κ3) is 4.43. The van der Waals surface area contributed by atoms with Crippen LogP contribution in [0.15, 0.2) is 24.3 Å². The topological polar surface area (TPSA) is 81.1 Å². The van der Waals surface area contributed by atoms with E-state index >= 15 is 0 Å². The molecule has 1 amide bonds. The number of nitrogens with zero attached hydrogens (tertiary/aromatic N) is 2. The summed E-state index contributed by atoms with van der Waals surface area (Å²) in [7, 11) is 0. The third-order valence-electron chi connectivity index (χ3n) is 5.68. The smallest absolute Gasteiger partial charge is 0.335 e. The van der Waals surface area contributed by atoms with Crippen LogP contribution in [0.4, 0.5) is 0 Å². The fourth-order valence-electron chi connectivity index (χ4n) is 4.36. The zero-order chi connectivity index (χ0) is 18.6. The second-order valence-corrected chi connectivity index (χ2v) is 7.71. The van der Waals surface area contributed by atoms with Crippen LogP contribution in [0.3, 0.4) is 0 Å². The Balaban J connectivity index is 1.62.